The molecule has 2 fully saturated rings. The van der Waals surface area contributed by atoms with Crippen molar-refractivity contribution >= 4 is 15.9 Å². The Morgan fingerprint density at radius 2 is 1.78 bits per heavy atom. The third kappa shape index (κ3) is 3.39. The van der Waals surface area contributed by atoms with E-state index in [1.165, 1.54) is 16.4 Å². The number of hydrogen-bond donors (Lipinski definition) is 1. The third-order valence-corrected chi connectivity index (χ3v) is 6.32. The van der Waals surface area contributed by atoms with Gasteiger partial charge in [0.2, 0.25) is 15.9 Å². The summed E-state index contributed by atoms with van der Waals surface area (Å²) in [6.45, 7) is 2.89. The highest BCUT2D eigenvalue weighted by Gasteiger charge is 2.33. The van der Waals surface area contributed by atoms with Crippen molar-refractivity contribution < 1.29 is 17.6 Å². The minimum Gasteiger partial charge on any atom is -0.340 e. The van der Waals surface area contributed by atoms with E-state index >= 15 is 0 Å². The van der Waals surface area contributed by atoms with Gasteiger partial charge in [-0.3, -0.25) is 4.79 Å². The smallest absolute Gasteiger partial charge is 0.243 e. The second-order valence-electron chi connectivity index (χ2n) is 5.87. The Kier molecular flexibility index (Phi) is 4.65. The van der Waals surface area contributed by atoms with Crippen LogP contribution in [0.4, 0.5) is 4.39 Å². The molecule has 2 aliphatic heterocycles. The largest absolute Gasteiger partial charge is 0.340 e. The Bertz CT molecular complexity index is 664. The molecule has 1 N–H and O–H groups in total. The summed E-state index contributed by atoms with van der Waals surface area (Å²) in [6, 6.07) is 4.82. The van der Waals surface area contributed by atoms with Gasteiger partial charge in [-0.05, 0) is 37.2 Å². The van der Waals surface area contributed by atoms with Crippen molar-refractivity contribution in [3.63, 3.8) is 0 Å². The SMILES string of the molecule is O=C(C1CCNC1)N1CCN(S(=O)(=O)c2ccc(F)cc2)CC1. The second kappa shape index (κ2) is 6.54. The molecule has 0 bridgehead atoms. The molecule has 0 saturated carbocycles. The van der Waals surface area contributed by atoms with Gasteiger partial charge < -0.3 is 10.2 Å². The summed E-state index contributed by atoms with van der Waals surface area (Å²) in [5.41, 5.74) is 0. The lowest BCUT2D eigenvalue weighted by Gasteiger charge is -2.35. The molecule has 1 unspecified atom stereocenters. The van der Waals surface area contributed by atoms with Gasteiger partial charge in [0.25, 0.3) is 0 Å². The average molecular weight is 341 g/mol. The molecule has 1 amide bonds. The molecular weight excluding hydrogens is 321 g/mol. The fraction of sp³-hybridized carbons (Fsp3) is 0.533. The number of nitrogens with zero attached hydrogens (tertiary/aromatic N) is 2. The van der Waals surface area contributed by atoms with Gasteiger partial charge in [0.05, 0.1) is 10.8 Å². The molecule has 1 aromatic carbocycles. The monoisotopic (exact) mass is 341 g/mol. The van der Waals surface area contributed by atoms with E-state index in [0.29, 0.717) is 19.6 Å². The number of piperazine rings is 1. The van der Waals surface area contributed by atoms with Gasteiger partial charge in [-0.1, -0.05) is 0 Å². The highest BCUT2D eigenvalue weighted by atomic mass is 32.2. The van der Waals surface area contributed by atoms with Gasteiger partial charge in [0, 0.05) is 32.7 Å². The van der Waals surface area contributed by atoms with Crippen LogP contribution in [0, 0.1) is 11.7 Å². The predicted molar refractivity (Wildman–Crippen MR) is 82.7 cm³/mol. The quantitative estimate of drug-likeness (QED) is 0.857. The first-order valence-corrected chi connectivity index (χ1v) is 9.18. The fourth-order valence-corrected chi connectivity index (χ4v) is 4.45. The maximum atomic E-state index is 12.9. The molecule has 1 atom stereocenters. The molecule has 0 spiro atoms. The molecular formula is C15H20FN3O3S. The summed E-state index contributed by atoms with van der Waals surface area (Å²) in [6.07, 6.45) is 0.840. The number of hydrogen-bond acceptors (Lipinski definition) is 4. The van der Waals surface area contributed by atoms with Gasteiger partial charge in [-0.2, -0.15) is 4.31 Å². The van der Waals surface area contributed by atoms with Crippen LogP contribution in [0.5, 0.6) is 0 Å². The lowest BCUT2D eigenvalue weighted by Crippen LogP contribution is -2.52. The number of nitrogens with one attached hydrogen (secondary N) is 1. The number of carbonyl (C=O) groups is 1. The van der Waals surface area contributed by atoms with E-state index < -0.39 is 15.8 Å². The average Bonchev–Trinajstić information content (AvgIpc) is 3.09. The van der Waals surface area contributed by atoms with E-state index in [2.05, 4.69) is 5.32 Å². The van der Waals surface area contributed by atoms with Crippen LogP contribution in [0.15, 0.2) is 29.2 Å². The molecule has 8 heteroatoms. The Hall–Kier alpha value is -1.51. The summed E-state index contributed by atoms with van der Waals surface area (Å²) in [5, 5.41) is 3.17. The Morgan fingerprint density at radius 3 is 2.35 bits per heavy atom. The van der Waals surface area contributed by atoms with Gasteiger partial charge in [-0.15, -0.1) is 0 Å². The fourth-order valence-electron chi connectivity index (χ4n) is 3.03. The molecule has 2 saturated heterocycles. The molecule has 6 nitrogen and oxygen atoms in total. The third-order valence-electron chi connectivity index (χ3n) is 4.41. The zero-order valence-electron chi connectivity index (χ0n) is 12.7. The minimum absolute atomic E-state index is 0.00950. The second-order valence-corrected chi connectivity index (χ2v) is 7.81. The Morgan fingerprint density at radius 1 is 1.13 bits per heavy atom. The number of rotatable bonds is 3. The number of sulfonamides is 1. The lowest BCUT2D eigenvalue weighted by molar-refractivity contribution is -0.136. The summed E-state index contributed by atoms with van der Waals surface area (Å²) < 4.78 is 39.3. The van der Waals surface area contributed by atoms with Crippen LogP contribution in [0.2, 0.25) is 0 Å². The lowest BCUT2D eigenvalue weighted by atomic mass is 10.1. The van der Waals surface area contributed by atoms with Gasteiger partial charge >= 0.3 is 0 Å². The highest BCUT2D eigenvalue weighted by molar-refractivity contribution is 7.89. The predicted octanol–water partition coefficient (Wildman–Crippen LogP) is 0.268. The summed E-state index contributed by atoms with van der Waals surface area (Å²) >= 11 is 0. The molecule has 0 aliphatic carbocycles. The topological polar surface area (TPSA) is 69.7 Å². The van der Waals surface area contributed by atoms with Gasteiger partial charge in [0.1, 0.15) is 5.82 Å². The van der Waals surface area contributed by atoms with Crippen LogP contribution in [0.25, 0.3) is 0 Å². The highest BCUT2D eigenvalue weighted by Crippen LogP contribution is 2.19. The van der Waals surface area contributed by atoms with Crippen molar-refractivity contribution in [1.29, 1.82) is 0 Å². The minimum atomic E-state index is -3.63. The van der Waals surface area contributed by atoms with E-state index in [-0.39, 0.29) is 29.8 Å². The van der Waals surface area contributed by atoms with Crippen molar-refractivity contribution in [2.24, 2.45) is 5.92 Å². The maximum absolute atomic E-state index is 12.9. The van der Waals surface area contributed by atoms with Crippen molar-refractivity contribution in [2.75, 3.05) is 39.3 Å². The first kappa shape index (κ1) is 16.4. The zero-order valence-corrected chi connectivity index (χ0v) is 13.6. The maximum Gasteiger partial charge on any atom is 0.243 e. The van der Waals surface area contributed by atoms with Crippen molar-refractivity contribution in [3.05, 3.63) is 30.1 Å². The Balaban J connectivity index is 1.64. The van der Waals surface area contributed by atoms with Crippen LogP contribution in [0.3, 0.4) is 0 Å². The van der Waals surface area contributed by atoms with E-state index in [0.717, 1.165) is 25.1 Å². The number of carbonyl (C=O) groups excluding carboxylic acids is 1. The Labute approximate surface area is 135 Å². The molecule has 2 aliphatic rings. The molecule has 23 heavy (non-hydrogen) atoms. The zero-order chi connectivity index (χ0) is 16.4. The summed E-state index contributed by atoms with van der Waals surface area (Å²) in [5.74, 6) is -0.353. The van der Waals surface area contributed by atoms with E-state index in [4.69, 9.17) is 0 Å². The molecule has 0 aromatic heterocycles. The van der Waals surface area contributed by atoms with Crippen LogP contribution in [-0.2, 0) is 14.8 Å². The van der Waals surface area contributed by atoms with E-state index in [1.54, 1.807) is 4.90 Å². The molecule has 3 rings (SSSR count). The molecule has 0 radical (unpaired) electrons. The van der Waals surface area contributed by atoms with Crippen LogP contribution >= 0.6 is 0 Å². The van der Waals surface area contributed by atoms with E-state index in [9.17, 15) is 17.6 Å². The molecule has 2 heterocycles. The van der Waals surface area contributed by atoms with Gasteiger partial charge in [-0.25, -0.2) is 12.8 Å². The van der Waals surface area contributed by atoms with Crippen LogP contribution in [-0.4, -0.2) is 62.8 Å². The van der Waals surface area contributed by atoms with Crippen molar-refractivity contribution in [1.82, 2.24) is 14.5 Å². The van der Waals surface area contributed by atoms with Crippen LogP contribution in [0.1, 0.15) is 6.42 Å². The molecule has 126 valence electrons. The van der Waals surface area contributed by atoms with Crippen LogP contribution < -0.4 is 5.32 Å². The summed E-state index contributed by atoms with van der Waals surface area (Å²) in [7, 11) is -3.63. The summed E-state index contributed by atoms with van der Waals surface area (Å²) in [4.78, 5) is 14.2. The standard InChI is InChI=1S/C15H20FN3O3S/c16-13-1-3-14(4-2-13)23(21,22)19-9-7-18(8-10-19)15(20)12-5-6-17-11-12/h1-4,12,17H,5-11H2. The first-order valence-electron chi connectivity index (χ1n) is 7.74. The number of benzene rings is 1. The van der Waals surface area contributed by atoms with E-state index in [1.807, 2.05) is 0 Å². The first-order chi connectivity index (χ1) is 11.0. The number of halogens is 1. The van der Waals surface area contributed by atoms with Crippen molar-refractivity contribution in [2.45, 2.75) is 11.3 Å². The van der Waals surface area contributed by atoms with Crippen molar-refractivity contribution in [3.8, 4) is 0 Å². The normalized spacial score (nSPS) is 23.2. The number of amides is 1. The van der Waals surface area contributed by atoms with Gasteiger partial charge in [0.15, 0.2) is 0 Å². The molecule has 1 aromatic rings.